The fourth-order valence-electron chi connectivity index (χ4n) is 4.81. The summed E-state index contributed by atoms with van der Waals surface area (Å²) in [5.74, 6) is -0.732. The van der Waals surface area contributed by atoms with E-state index >= 15 is 0 Å². The smallest absolute Gasteiger partial charge is 0.267 e. The molecule has 7 heteroatoms. The van der Waals surface area contributed by atoms with Crippen molar-refractivity contribution in [3.63, 3.8) is 0 Å². The normalized spacial score (nSPS) is 18.9. The van der Waals surface area contributed by atoms with Gasteiger partial charge in [0.2, 0.25) is 0 Å². The molecular formula is C23H29FN4O2. The predicted molar refractivity (Wildman–Crippen MR) is 113 cm³/mol. The molecule has 1 N–H and O–H groups in total. The molecule has 1 amide bonds. The molecule has 0 saturated carbocycles. The van der Waals surface area contributed by atoms with Crippen LogP contribution in [0.4, 0.5) is 4.39 Å². The number of aromatic amines is 1. The van der Waals surface area contributed by atoms with Crippen molar-refractivity contribution in [1.29, 1.82) is 0 Å². The summed E-state index contributed by atoms with van der Waals surface area (Å²) in [5.41, 5.74) is 3.19. The van der Waals surface area contributed by atoms with E-state index in [-0.39, 0.29) is 17.0 Å². The third-order valence-corrected chi connectivity index (χ3v) is 7.00. The number of carbonyl (C=O) groups excluding carboxylic acids is 1. The quantitative estimate of drug-likeness (QED) is 0.842. The van der Waals surface area contributed by atoms with Crippen molar-refractivity contribution in [3.8, 4) is 0 Å². The van der Waals surface area contributed by atoms with Gasteiger partial charge in [-0.1, -0.05) is 6.07 Å². The first kappa shape index (κ1) is 20.7. The standard InChI is InChI=1S/C23H29FN4O2/c1-15-16(2)21(29)26-25-20(15)13-17-4-5-19(24)18(12-17)22(30)28-10-7-23(8-11-28)6-9-27(3)14-23/h4-5,12H,6-11,13-14H2,1-3H3,(H,26,29). The summed E-state index contributed by atoms with van der Waals surface area (Å²) >= 11 is 0. The fraction of sp³-hybridized carbons (Fsp3) is 0.522. The zero-order valence-electron chi connectivity index (χ0n) is 17.9. The van der Waals surface area contributed by atoms with Gasteiger partial charge in [0.15, 0.2) is 0 Å². The molecule has 2 aliphatic heterocycles. The molecular weight excluding hydrogens is 383 g/mol. The molecule has 2 aromatic rings. The largest absolute Gasteiger partial charge is 0.339 e. The molecule has 0 unspecified atom stereocenters. The lowest BCUT2D eigenvalue weighted by Crippen LogP contribution is -2.44. The van der Waals surface area contributed by atoms with Gasteiger partial charge in [-0.15, -0.1) is 0 Å². The maximum absolute atomic E-state index is 14.5. The topological polar surface area (TPSA) is 69.3 Å². The van der Waals surface area contributed by atoms with Crippen LogP contribution in [0.1, 0.15) is 52.0 Å². The van der Waals surface area contributed by atoms with Gasteiger partial charge in [0.1, 0.15) is 5.82 Å². The Hall–Kier alpha value is -2.54. The zero-order chi connectivity index (χ0) is 21.5. The van der Waals surface area contributed by atoms with Crippen molar-refractivity contribution in [2.45, 2.75) is 39.5 Å². The van der Waals surface area contributed by atoms with Crippen LogP contribution in [0.5, 0.6) is 0 Å². The van der Waals surface area contributed by atoms with E-state index in [0.29, 0.717) is 30.5 Å². The van der Waals surface area contributed by atoms with Crippen LogP contribution in [0.2, 0.25) is 0 Å². The summed E-state index contributed by atoms with van der Waals surface area (Å²) in [6.45, 7) is 7.16. The van der Waals surface area contributed by atoms with E-state index in [1.165, 1.54) is 12.5 Å². The van der Waals surface area contributed by atoms with Crippen molar-refractivity contribution < 1.29 is 9.18 Å². The number of H-pyrrole nitrogens is 1. The van der Waals surface area contributed by atoms with Crippen LogP contribution in [0.3, 0.4) is 0 Å². The molecule has 0 atom stereocenters. The minimum absolute atomic E-state index is 0.116. The van der Waals surface area contributed by atoms with E-state index in [1.807, 2.05) is 6.92 Å². The Kier molecular flexibility index (Phi) is 5.49. The first-order valence-corrected chi connectivity index (χ1v) is 10.6. The number of piperidine rings is 1. The molecule has 0 aliphatic carbocycles. The highest BCUT2D eigenvalue weighted by atomic mass is 19.1. The molecule has 30 heavy (non-hydrogen) atoms. The van der Waals surface area contributed by atoms with Crippen LogP contribution in [-0.2, 0) is 6.42 Å². The maximum atomic E-state index is 14.5. The lowest BCUT2D eigenvalue weighted by Gasteiger charge is -2.39. The second-order valence-corrected chi connectivity index (χ2v) is 9.02. The first-order valence-electron chi connectivity index (χ1n) is 10.6. The van der Waals surface area contributed by atoms with E-state index in [2.05, 4.69) is 22.1 Å². The highest BCUT2D eigenvalue weighted by Crippen LogP contribution is 2.40. The van der Waals surface area contributed by atoms with Crippen molar-refractivity contribution in [1.82, 2.24) is 20.0 Å². The van der Waals surface area contributed by atoms with Crippen LogP contribution in [0.25, 0.3) is 0 Å². The Morgan fingerprint density at radius 1 is 1.17 bits per heavy atom. The van der Waals surface area contributed by atoms with Gasteiger partial charge in [0.25, 0.3) is 11.5 Å². The Morgan fingerprint density at radius 2 is 1.87 bits per heavy atom. The summed E-state index contributed by atoms with van der Waals surface area (Å²) in [6.07, 6.45) is 3.56. The van der Waals surface area contributed by atoms with Crippen LogP contribution in [0.15, 0.2) is 23.0 Å². The molecule has 0 bridgehead atoms. The zero-order valence-corrected chi connectivity index (χ0v) is 17.9. The number of likely N-dealkylation sites (tertiary alicyclic amines) is 2. The van der Waals surface area contributed by atoms with Gasteiger partial charge in [-0.3, -0.25) is 9.59 Å². The predicted octanol–water partition coefficient (Wildman–Crippen LogP) is 2.67. The van der Waals surface area contributed by atoms with Gasteiger partial charge in [-0.05, 0) is 75.4 Å². The molecule has 1 spiro atoms. The number of carbonyl (C=O) groups is 1. The second kappa shape index (κ2) is 7.95. The van der Waals surface area contributed by atoms with Crippen LogP contribution >= 0.6 is 0 Å². The molecule has 2 fully saturated rings. The van der Waals surface area contributed by atoms with Gasteiger partial charge in [-0.25, -0.2) is 9.49 Å². The molecule has 4 rings (SSSR count). The number of aromatic nitrogens is 2. The average Bonchev–Trinajstić information content (AvgIpc) is 3.09. The van der Waals surface area contributed by atoms with Gasteiger partial charge < -0.3 is 9.80 Å². The Labute approximate surface area is 176 Å². The number of hydrogen-bond donors (Lipinski definition) is 1. The maximum Gasteiger partial charge on any atom is 0.267 e. The van der Waals surface area contributed by atoms with E-state index in [9.17, 15) is 14.0 Å². The third kappa shape index (κ3) is 3.90. The highest BCUT2D eigenvalue weighted by Gasteiger charge is 2.40. The summed E-state index contributed by atoms with van der Waals surface area (Å²) in [5, 5.41) is 6.64. The van der Waals surface area contributed by atoms with Gasteiger partial charge in [-0.2, -0.15) is 5.10 Å². The number of benzene rings is 1. The summed E-state index contributed by atoms with van der Waals surface area (Å²) < 4.78 is 14.5. The molecule has 1 aromatic carbocycles. The van der Waals surface area contributed by atoms with E-state index in [4.69, 9.17) is 0 Å². The molecule has 1 aromatic heterocycles. The first-order chi connectivity index (χ1) is 14.3. The lowest BCUT2D eigenvalue weighted by atomic mass is 9.77. The lowest BCUT2D eigenvalue weighted by molar-refractivity contribution is 0.0589. The highest BCUT2D eigenvalue weighted by molar-refractivity contribution is 5.94. The van der Waals surface area contributed by atoms with E-state index in [1.54, 1.807) is 24.0 Å². The fourth-order valence-corrected chi connectivity index (χ4v) is 4.81. The van der Waals surface area contributed by atoms with Crippen molar-refractivity contribution in [3.05, 3.63) is 62.3 Å². The number of amides is 1. The van der Waals surface area contributed by atoms with E-state index < -0.39 is 5.82 Å². The van der Waals surface area contributed by atoms with Gasteiger partial charge >= 0.3 is 0 Å². The second-order valence-electron chi connectivity index (χ2n) is 9.02. The van der Waals surface area contributed by atoms with Gasteiger partial charge in [0.05, 0.1) is 11.3 Å². The molecule has 2 saturated heterocycles. The van der Waals surface area contributed by atoms with Crippen molar-refractivity contribution in [2.24, 2.45) is 5.41 Å². The Morgan fingerprint density at radius 3 is 2.53 bits per heavy atom. The monoisotopic (exact) mass is 412 g/mol. The van der Waals surface area contributed by atoms with Crippen LogP contribution in [-0.4, -0.2) is 59.1 Å². The molecule has 0 radical (unpaired) electrons. The number of hydrogen-bond acceptors (Lipinski definition) is 4. The van der Waals surface area contributed by atoms with Crippen molar-refractivity contribution in [2.75, 3.05) is 33.2 Å². The molecule has 6 nitrogen and oxygen atoms in total. The Bertz CT molecular complexity index is 1020. The van der Waals surface area contributed by atoms with E-state index in [0.717, 1.165) is 42.8 Å². The number of nitrogens with one attached hydrogen (secondary N) is 1. The molecule has 2 aliphatic rings. The minimum Gasteiger partial charge on any atom is -0.339 e. The van der Waals surface area contributed by atoms with Gasteiger partial charge in [0, 0.05) is 31.6 Å². The minimum atomic E-state index is -0.494. The van der Waals surface area contributed by atoms with Crippen molar-refractivity contribution >= 4 is 5.91 Å². The number of nitrogens with zero attached hydrogens (tertiary/aromatic N) is 3. The Balaban J connectivity index is 1.50. The molecule has 3 heterocycles. The summed E-state index contributed by atoms with van der Waals surface area (Å²) in [4.78, 5) is 28.9. The SMILES string of the molecule is Cc1c(Cc2ccc(F)c(C(=O)N3CCC4(CCN(C)C4)CC3)c2)n[nH]c(=O)c1C. The third-order valence-electron chi connectivity index (χ3n) is 7.00. The summed E-state index contributed by atoms with van der Waals surface area (Å²) in [6, 6.07) is 4.66. The molecule has 160 valence electrons. The number of halogens is 1. The summed E-state index contributed by atoms with van der Waals surface area (Å²) in [7, 11) is 2.15. The van der Waals surface area contributed by atoms with Crippen LogP contribution in [0, 0.1) is 25.1 Å². The number of rotatable bonds is 3. The van der Waals surface area contributed by atoms with Crippen LogP contribution < -0.4 is 5.56 Å². The average molecular weight is 413 g/mol.